The van der Waals surface area contributed by atoms with Gasteiger partial charge in [-0.1, -0.05) is 67.1 Å². The molecule has 22 heavy (non-hydrogen) atoms. The number of piperidine rings is 1. The van der Waals surface area contributed by atoms with Gasteiger partial charge in [-0.3, -0.25) is 0 Å². The lowest BCUT2D eigenvalue weighted by molar-refractivity contribution is 0.223. The van der Waals surface area contributed by atoms with Crippen LogP contribution in [0.2, 0.25) is 0 Å². The van der Waals surface area contributed by atoms with Crippen molar-refractivity contribution in [2.45, 2.75) is 31.6 Å². The zero-order valence-electron chi connectivity index (χ0n) is 13.2. The number of benzene rings is 2. The van der Waals surface area contributed by atoms with E-state index in [0.717, 1.165) is 0 Å². The van der Waals surface area contributed by atoms with Crippen LogP contribution in [-0.2, 0) is 0 Å². The maximum atomic E-state index is 2.64. The molecule has 0 aliphatic carbocycles. The Kier molecular flexibility index (Phi) is 6.95. The third-order valence-corrected chi connectivity index (χ3v) is 4.59. The molecule has 0 unspecified atom stereocenters. The second-order valence-corrected chi connectivity index (χ2v) is 6.06. The molecule has 2 aromatic carbocycles. The predicted molar refractivity (Wildman–Crippen MR) is 96.9 cm³/mol. The third-order valence-electron chi connectivity index (χ3n) is 4.59. The van der Waals surface area contributed by atoms with Crippen molar-refractivity contribution in [1.82, 2.24) is 4.90 Å². The molecule has 2 heteroatoms. The van der Waals surface area contributed by atoms with Crippen molar-refractivity contribution in [3.8, 4) is 0 Å². The van der Waals surface area contributed by atoms with Gasteiger partial charge in [0, 0.05) is 5.92 Å². The Labute approximate surface area is 140 Å². The Hall–Kier alpha value is -1.31. The second-order valence-electron chi connectivity index (χ2n) is 6.06. The van der Waals surface area contributed by atoms with Gasteiger partial charge in [-0.25, -0.2) is 0 Å². The van der Waals surface area contributed by atoms with Crippen LogP contribution >= 0.6 is 12.4 Å². The first-order valence-corrected chi connectivity index (χ1v) is 8.26. The average molecular weight is 316 g/mol. The number of nitrogens with zero attached hydrogens (tertiary/aromatic N) is 1. The number of halogens is 1. The van der Waals surface area contributed by atoms with Crippen molar-refractivity contribution >= 4 is 12.4 Å². The van der Waals surface area contributed by atoms with E-state index in [-0.39, 0.29) is 12.4 Å². The first-order chi connectivity index (χ1) is 10.4. The van der Waals surface area contributed by atoms with Gasteiger partial charge in [0.1, 0.15) is 0 Å². The molecular formula is C20H26ClN. The Morgan fingerprint density at radius 1 is 0.727 bits per heavy atom. The molecule has 0 saturated carbocycles. The van der Waals surface area contributed by atoms with Crippen molar-refractivity contribution in [2.24, 2.45) is 0 Å². The van der Waals surface area contributed by atoms with E-state index in [1.54, 1.807) is 0 Å². The van der Waals surface area contributed by atoms with E-state index >= 15 is 0 Å². The number of hydrogen-bond acceptors (Lipinski definition) is 1. The Morgan fingerprint density at radius 3 is 1.73 bits per heavy atom. The molecule has 1 nitrogen and oxygen atoms in total. The smallest absolute Gasteiger partial charge is 0.0101 e. The Bertz CT molecular complexity index is 480. The highest BCUT2D eigenvalue weighted by atomic mass is 35.5. The number of hydrogen-bond donors (Lipinski definition) is 0. The van der Waals surface area contributed by atoms with Gasteiger partial charge in [0.15, 0.2) is 0 Å². The lowest BCUT2D eigenvalue weighted by atomic mass is 9.88. The van der Waals surface area contributed by atoms with Crippen LogP contribution in [0.1, 0.15) is 42.7 Å². The van der Waals surface area contributed by atoms with Gasteiger partial charge < -0.3 is 4.90 Å². The van der Waals surface area contributed by atoms with E-state index in [4.69, 9.17) is 0 Å². The summed E-state index contributed by atoms with van der Waals surface area (Å²) in [6, 6.07) is 21.9. The second kappa shape index (κ2) is 8.97. The molecule has 0 bridgehead atoms. The lowest BCUT2D eigenvalue weighted by Gasteiger charge is -2.28. The van der Waals surface area contributed by atoms with Crippen LogP contribution in [-0.4, -0.2) is 24.5 Å². The van der Waals surface area contributed by atoms with Crippen molar-refractivity contribution in [2.75, 3.05) is 19.6 Å². The van der Waals surface area contributed by atoms with E-state index in [2.05, 4.69) is 65.6 Å². The monoisotopic (exact) mass is 315 g/mol. The first-order valence-electron chi connectivity index (χ1n) is 8.26. The molecule has 0 amide bonds. The fourth-order valence-corrected chi connectivity index (χ4v) is 3.39. The summed E-state index contributed by atoms with van der Waals surface area (Å²) in [5.41, 5.74) is 2.89. The predicted octanol–water partition coefficient (Wildman–Crippen LogP) is 5.12. The van der Waals surface area contributed by atoms with Gasteiger partial charge in [0.25, 0.3) is 0 Å². The van der Waals surface area contributed by atoms with E-state index < -0.39 is 0 Å². The van der Waals surface area contributed by atoms with Crippen LogP contribution in [0, 0.1) is 0 Å². The minimum Gasteiger partial charge on any atom is -0.303 e. The summed E-state index contributed by atoms with van der Waals surface area (Å²) >= 11 is 0. The highest BCUT2D eigenvalue weighted by molar-refractivity contribution is 5.85. The molecule has 1 aliphatic rings. The molecule has 1 heterocycles. The van der Waals surface area contributed by atoms with Gasteiger partial charge in [-0.2, -0.15) is 0 Å². The molecule has 0 N–H and O–H groups in total. The summed E-state index contributed by atoms with van der Waals surface area (Å²) in [6.07, 6.45) is 5.38. The van der Waals surface area contributed by atoms with E-state index in [1.165, 1.54) is 56.4 Å². The molecule has 0 atom stereocenters. The molecule has 2 aromatic rings. The SMILES string of the molecule is Cl.c1ccc(C(CCN2CCCCC2)c2ccccc2)cc1. The fourth-order valence-electron chi connectivity index (χ4n) is 3.39. The average Bonchev–Trinajstić information content (AvgIpc) is 2.58. The molecular weight excluding hydrogens is 290 g/mol. The minimum atomic E-state index is 0. The van der Waals surface area contributed by atoms with Gasteiger partial charge >= 0.3 is 0 Å². The lowest BCUT2D eigenvalue weighted by Crippen LogP contribution is -2.31. The van der Waals surface area contributed by atoms with E-state index in [9.17, 15) is 0 Å². The molecule has 0 radical (unpaired) electrons. The van der Waals surface area contributed by atoms with Gasteiger partial charge in [-0.15, -0.1) is 12.4 Å². The molecule has 118 valence electrons. The van der Waals surface area contributed by atoms with Crippen molar-refractivity contribution < 1.29 is 0 Å². The molecule has 1 saturated heterocycles. The summed E-state index contributed by atoms with van der Waals surface area (Å²) in [5.74, 6) is 0.523. The fraction of sp³-hybridized carbons (Fsp3) is 0.400. The van der Waals surface area contributed by atoms with Crippen LogP contribution in [0.15, 0.2) is 60.7 Å². The van der Waals surface area contributed by atoms with Gasteiger partial charge in [0.2, 0.25) is 0 Å². The summed E-state index contributed by atoms with van der Waals surface area (Å²) in [5, 5.41) is 0. The topological polar surface area (TPSA) is 3.24 Å². The van der Waals surface area contributed by atoms with Crippen LogP contribution in [0.3, 0.4) is 0 Å². The van der Waals surface area contributed by atoms with Crippen LogP contribution in [0.4, 0.5) is 0 Å². The largest absolute Gasteiger partial charge is 0.303 e. The molecule has 1 fully saturated rings. The molecule has 0 aromatic heterocycles. The maximum Gasteiger partial charge on any atom is 0.0101 e. The van der Waals surface area contributed by atoms with Crippen LogP contribution < -0.4 is 0 Å². The molecule has 3 rings (SSSR count). The first kappa shape index (κ1) is 17.1. The summed E-state index contributed by atoms with van der Waals surface area (Å²) in [4.78, 5) is 2.64. The zero-order valence-corrected chi connectivity index (χ0v) is 14.0. The molecule has 0 spiro atoms. The van der Waals surface area contributed by atoms with E-state index in [1.807, 2.05) is 0 Å². The normalized spacial score (nSPS) is 15.5. The Balaban J connectivity index is 0.00000176. The quantitative estimate of drug-likeness (QED) is 0.740. The standard InChI is InChI=1S/C20H25N.ClH/c1-4-10-18(11-5-1)20(19-12-6-2-7-13-19)14-17-21-15-8-3-9-16-21;/h1-2,4-7,10-13,20H,3,8-9,14-17H2;1H. The minimum absolute atomic E-state index is 0. The maximum absolute atomic E-state index is 2.64. The van der Waals surface area contributed by atoms with Crippen molar-refractivity contribution in [3.63, 3.8) is 0 Å². The highest BCUT2D eigenvalue weighted by Gasteiger charge is 2.16. The van der Waals surface area contributed by atoms with Crippen LogP contribution in [0.25, 0.3) is 0 Å². The van der Waals surface area contributed by atoms with E-state index in [0.29, 0.717) is 5.92 Å². The van der Waals surface area contributed by atoms with Gasteiger partial charge in [0.05, 0.1) is 0 Å². The van der Waals surface area contributed by atoms with Crippen molar-refractivity contribution in [3.05, 3.63) is 71.8 Å². The highest BCUT2D eigenvalue weighted by Crippen LogP contribution is 2.28. The third kappa shape index (κ3) is 4.59. The molecule has 1 aliphatic heterocycles. The van der Waals surface area contributed by atoms with Crippen LogP contribution in [0.5, 0.6) is 0 Å². The van der Waals surface area contributed by atoms with Crippen molar-refractivity contribution in [1.29, 1.82) is 0 Å². The Morgan fingerprint density at radius 2 is 1.23 bits per heavy atom. The summed E-state index contributed by atoms with van der Waals surface area (Å²) < 4.78 is 0. The zero-order chi connectivity index (χ0) is 14.3. The number of likely N-dealkylation sites (tertiary alicyclic amines) is 1. The summed E-state index contributed by atoms with van der Waals surface area (Å²) in [7, 11) is 0. The summed E-state index contributed by atoms with van der Waals surface area (Å²) in [6.45, 7) is 3.79. The number of rotatable bonds is 5. The van der Waals surface area contributed by atoms with Gasteiger partial charge in [-0.05, 0) is 50.0 Å².